The first-order valence-electron chi connectivity index (χ1n) is 4.85. The summed E-state index contributed by atoms with van der Waals surface area (Å²) in [6.45, 7) is 0. The van der Waals surface area contributed by atoms with Gasteiger partial charge in [0.25, 0.3) is 0 Å². The molecule has 2 rings (SSSR count). The Bertz CT molecular complexity index is 388. The molecule has 1 amide bonds. The Hall–Kier alpha value is -1.03. The van der Waals surface area contributed by atoms with Crippen LogP contribution in [0.1, 0.15) is 12.8 Å². The molecule has 1 N–H and O–H groups in total. The van der Waals surface area contributed by atoms with E-state index in [0.717, 1.165) is 28.8 Å². The highest BCUT2D eigenvalue weighted by Gasteiger charge is 2.29. The predicted molar refractivity (Wildman–Crippen MR) is 62.0 cm³/mol. The molecule has 0 saturated heterocycles. The zero-order valence-corrected chi connectivity index (χ0v) is 10.0. The number of anilines is 1. The normalized spacial score (nSPS) is 14.8. The highest BCUT2D eigenvalue weighted by molar-refractivity contribution is 9.10. The van der Waals surface area contributed by atoms with Crippen molar-refractivity contribution in [2.45, 2.75) is 12.8 Å². The third-order valence-electron chi connectivity index (χ3n) is 2.38. The number of ether oxygens (including phenoxy) is 1. The van der Waals surface area contributed by atoms with Gasteiger partial charge in [-0.3, -0.25) is 4.79 Å². The Morgan fingerprint density at radius 2 is 2.27 bits per heavy atom. The number of carbonyl (C=O) groups is 1. The predicted octanol–water partition coefficient (Wildman–Crippen LogP) is 2.81. The van der Waals surface area contributed by atoms with E-state index in [1.165, 1.54) is 0 Å². The van der Waals surface area contributed by atoms with Crippen LogP contribution in [0.5, 0.6) is 5.75 Å². The van der Waals surface area contributed by atoms with E-state index in [1.54, 1.807) is 7.11 Å². The van der Waals surface area contributed by atoms with Gasteiger partial charge in [0.2, 0.25) is 5.91 Å². The molecule has 0 heterocycles. The average Bonchev–Trinajstić information content (AvgIpc) is 3.04. The lowest BCUT2D eigenvalue weighted by atomic mass is 10.3. The van der Waals surface area contributed by atoms with Gasteiger partial charge in [0.05, 0.1) is 12.8 Å². The lowest BCUT2D eigenvalue weighted by Gasteiger charge is -2.08. The molecule has 0 unspecified atom stereocenters. The lowest BCUT2D eigenvalue weighted by Crippen LogP contribution is -2.13. The van der Waals surface area contributed by atoms with E-state index in [4.69, 9.17) is 4.74 Å². The van der Waals surface area contributed by atoms with E-state index >= 15 is 0 Å². The first-order valence-corrected chi connectivity index (χ1v) is 5.64. The van der Waals surface area contributed by atoms with E-state index in [2.05, 4.69) is 21.2 Å². The standard InChI is InChI=1S/C11H12BrNO2/c1-15-8-4-5-9(12)10(6-8)13-11(14)7-2-3-7/h4-7H,2-3H2,1H3,(H,13,14). The van der Waals surface area contributed by atoms with E-state index in [-0.39, 0.29) is 11.8 Å². The number of hydrogen-bond acceptors (Lipinski definition) is 2. The molecule has 1 fully saturated rings. The van der Waals surface area contributed by atoms with Crippen molar-refractivity contribution >= 4 is 27.5 Å². The number of carbonyl (C=O) groups excluding carboxylic acids is 1. The van der Waals surface area contributed by atoms with Crippen LogP contribution in [0.2, 0.25) is 0 Å². The largest absolute Gasteiger partial charge is 0.497 e. The van der Waals surface area contributed by atoms with Crippen molar-refractivity contribution in [3.8, 4) is 5.75 Å². The fourth-order valence-corrected chi connectivity index (χ4v) is 1.65. The number of hydrogen-bond donors (Lipinski definition) is 1. The molecule has 1 aliphatic carbocycles. The second kappa shape index (κ2) is 4.23. The summed E-state index contributed by atoms with van der Waals surface area (Å²) in [5, 5.41) is 2.88. The van der Waals surface area contributed by atoms with Gasteiger partial charge in [-0.2, -0.15) is 0 Å². The zero-order chi connectivity index (χ0) is 10.8. The van der Waals surface area contributed by atoms with Crippen LogP contribution in [0.4, 0.5) is 5.69 Å². The SMILES string of the molecule is COc1ccc(Br)c(NC(=O)C2CC2)c1. The molecule has 0 radical (unpaired) electrons. The second-order valence-electron chi connectivity index (χ2n) is 3.61. The van der Waals surface area contributed by atoms with Crippen LogP contribution >= 0.6 is 15.9 Å². The van der Waals surface area contributed by atoms with Crippen molar-refractivity contribution in [3.63, 3.8) is 0 Å². The Kier molecular flexibility index (Phi) is 2.95. The van der Waals surface area contributed by atoms with Crippen LogP contribution in [0.3, 0.4) is 0 Å². The Morgan fingerprint density at radius 1 is 1.53 bits per heavy atom. The summed E-state index contributed by atoms with van der Waals surface area (Å²) >= 11 is 3.39. The van der Waals surface area contributed by atoms with Gasteiger partial charge in [0.15, 0.2) is 0 Å². The van der Waals surface area contributed by atoms with Crippen molar-refractivity contribution in [2.75, 3.05) is 12.4 Å². The van der Waals surface area contributed by atoms with E-state index < -0.39 is 0 Å². The van der Waals surface area contributed by atoms with Gasteiger partial charge < -0.3 is 10.1 Å². The molecule has 0 bridgehead atoms. The summed E-state index contributed by atoms with van der Waals surface area (Å²) in [6.07, 6.45) is 2.01. The van der Waals surface area contributed by atoms with Crippen LogP contribution in [0.25, 0.3) is 0 Å². The first-order chi connectivity index (χ1) is 7.20. The molecule has 0 aliphatic heterocycles. The molecular formula is C11H12BrNO2. The number of halogens is 1. The number of nitrogens with one attached hydrogen (secondary N) is 1. The maximum atomic E-state index is 11.6. The summed E-state index contributed by atoms with van der Waals surface area (Å²) in [7, 11) is 1.61. The summed E-state index contributed by atoms with van der Waals surface area (Å²) in [4.78, 5) is 11.6. The van der Waals surface area contributed by atoms with E-state index in [0.29, 0.717) is 0 Å². The van der Waals surface area contributed by atoms with Gasteiger partial charge in [-0.1, -0.05) is 0 Å². The zero-order valence-electron chi connectivity index (χ0n) is 8.42. The van der Waals surface area contributed by atoms with Crippen molar-refractivity contribution in [2.24, 2.45) is 5.92 Å². The summed E-state index contributed by atoms with van der Waals surface area (Å²) in [5.41, 5.74) is 0.770. The molecule has 1 saturated carbocycles. The van der Waals surface area contributed by atoms with Gasteiger partial charge in [-0.05, 0) is 40.9 Å². The fourth-order valence-electron chi connectivity index (χ4n) is 1.31. The van der Waals surface area contributed by atoms with Crippen LogP contribution in [0, 0.1) is 5.92 Å². The molecule has 15 heavy (non-hydrogen) atoms. The van der Waals surface area contributed by atoms with Gasteiger partial charge in [-0.25, -0.2) is 0 Å². The lowest BCUT2D eigenvalue weighted by molar-refractivity contribution is -0.117. The molecular weight excluding hydrogens is 258 g/mol. The minimum atomic E-state index is 0.101. The molecule has 1 aromatic rings. The van der Waals surface area contributed by atoms with Gasteiger partial charge in [0, 0.05) is 16.5 Å². The monoisotopic (exact) mass is 269 g/mol. The number of amides is 1. The van der Waals surface area contributed by atoms with E-state index in [1.807, 2.05) is 18.2 Å². The number of rotatable bonds is 3. The van der Waals surface area contributed by atoms with Crippen molar-refractivity contribution in [3.05, 3.63) is 22.7 Å². The topological polar surface area (TPSA) is 38.3 Å². The molecule has 0 atom stereocenters. The Morgan fingerprint density at radius 3 is 2.87 bits per heavy atom. The molecule has 0 aromatic heterocycles. The molecule has 1 aromatic carbocycles. The molecule has 3 nitrogen and oxygen atoms in total. The molecule has 4 heteroatoms. The first kappa shape index (κ1) is 10.5. The summed E-state index contributed by atoms with van der Waals surface area (Å²) in [6, 6.07) is 5.52. The van der Waals surface area contributed by atoms with Gasteiger partial charge >= 0.3 is 0 Å². The minimum Gasteiger partial charge on any atom is -0.497 e. The maximum absolute atomic E-state index is 11.6. The average molecular weight is 270 g/mol. The Labute approximate surface area is 96.9 Å². The Balaban J connectivity index is 2.14. The van der Waals surface area contributed by atoms with Crippen LogP contribution in [0.15, 0.2) is 22.7 Å². The van der Waals surface area contributed by atoms with E-state index in [9.17, 15) is 4.79 Å². The third kappa shape index (κ3) is 2.50. The highest BCUT2D eigenvalue weighted by atomic mass is 79.9. The van der Waals surface area contributed by atoms with Crippen molar-refractivity contribution in [1.82, 2.24) is 0 Å². The molecule has 0 spiro atoms. The minimum absolute atomic E-state index is 0.101. The maximum Gasteiger partial charge on any atom is 0.227 e. The highest BCUT2D eigenvalue weighted by Crippen LogP contribution is 2.32. The number of methoxy groups -OCH3 is 1. The summed E-state index contributed by atoms with van der Waals surface area (Å²) in [5.74, 6) is 1.05. The fraction of sp³-hybridized carbons (Fsp3) is 0.364. The number of benzene rings is 1. The van der Waals surface area contributed by atoms with Gasteiger partial charge in [-0.15, -0.1) is 0 Å². The van der Waals surface area contributed by atoms with Crippen LogP contribution in [-0.4, -0.2) is 13.0 Å². The van der Waals surface area contributed by atoms with Crippen molar-refractivity contribution in [1.29, 1.82) is 0 Å². The smallest absolute Gasteiger partial charge is 0.227 e. The quantitative estimate of drug-likeness (QED) is 0.917. The summed E-state index contributed by atoms with van der Waals surface area (Å²) < 4.78 is 5.97. The molecule has 1 aliphatic rings. The second-order valence-corrected chi connectivity index (χ2v) is 4.46. The van der Waals surface area contributed by atoms with Gasteiger partial charge in [0.1, 0.15) is 5.75 Å². The van der Waals surface area contributed by atoms with Crippen LogP contribution in [-0.2, 0) is 4.79 Å². The molecule has 80 valence electrons. The third-order valence-corrected chi connectivity index (χ3v) is 3.07. The van der Waals surface area contributed by atoms with Crippen LogP contribution < -0.4 is 10.1 Å². The van der Waals surface area contributed by atoms with Crippen molar-refractivity contribution < 1.29 is 9.53 Å².